The van der Waals surface area contributed by atoms with Crippen molar-refractivity contribution in [3.8, 4) is 5.82 Å². The van der Waals surface area contributed by atoms with E-state index in [1.165, 1.54) is 0 Å². The molecule has 0 unspecified atom stereocenters. The third kappa shape index (κ3) is 3.78. The van der Waals surface area contributed by atoms with E-state index in [1.807, 2.05) is 35.9 Å². The number of rotatable bonds is 4. The van der Waals surface area contributed by atoms with Gasteiger partial charge in [0.15, 0.2) is 5.96 Å². The Bertz CT molecular complexity index is 943. The molecule has 0 aromatic carbocycles. The second-order valence-corrected chi connectivity index (χ2v) is 6.53. The minimum Gasteiger partial charge on any atom is -0.370 e. The molecule has 28 heavy (non-hydrogen) atoms. The zero-order chi connectivity index (χ0) is 19.3. The van der Waals surface area contributed by atoms with Crippen molar-refractivity contribution in [2.45, 2.75) is 13.5 Å². The second kappa shape index (κ2) is 8.03. The van der Waals surface area contributed by atoms with Crippen LogP contribution in [0.15, 0.2) is 54.2 Å². The van der Waals surface area contributed by atoms with E-state index in [9.17, 15) is 0 Å². The zero-order valence-electron chi connectivity index (χ0n) is 15.8. The molecule has 0 radical (unpaired) electrons. The number of nitrogens with zero attached hydrogens (tertiary/aromatic N) is 8. The summed E-state index contributed by atoms with van der Waals surface area (Å²) >= 11 is 0. The van der Waals surface area contributed by atoms with Gasteiger partial charge in [-0.3, -0.25) is 4.57 Å². The highest BCUT2D eigenvalue weighted by Crippen LogP contribution is 2.15. The standard InChI is InChI=1S/C19H23N9/c1-15-21-8-9-28(15)17-16(4-2-5-22-17)14-25-18(20)26-10-12-27(13-11-26)19-23-6-3-7-24-19/h2-9H,10-14H2,1H3,(H2,20,25). The van der Waals surface area contributed by atoms with Crippen LogP contribution in [-0.2, 0) is 6.54 Å². The molecule has 3 aromatic heterocycles. The van der Waals surface area contributed by atoms with Gasteiger partial charge in [0.2, 0.25) is 5.95 Å². The van der Waals surface area contributed by atoms with Crippen LogP contribution in [0.5, 0.6) is 0 Å². The smallest absolute Gasteiger partial charge is 0.225 e. The highest BCUT2D eigenvalue weighted by atomic mass is 15.4. The quantitative estimate of drug-likeness (QED) is 0.535. The van der Waals surface area contributed by atoms with Crippen molar-refractivity contribution >= 4 is 11.9 Å². The summed E-state index contributed by atoms with van der Waals surface area (Å²) < 4.78 is 1.96. The lowest BCUT2D eigenvalue weighted by molar-refractivity contribution is 0.378. The molecule has 4 heterocycles. The highest BCUT2D eigenvalue weighted by molar-refractivity contribution is 5.78. The Morgan fingerprint density at radius 2 is 1.75 bits per heavy atom. The average Bonchev–Trinajstić information content (AvgIpc) is 3.18. The summed E-state index contributed by atoms with van der Waals surface area (Å²) in [6.07, 6.45) is 8.96. The van der Waals surface area contributed by atoms with E-state index in [1.54, 1.807) is 24.8 Å². The number of pyridine rings is 1. The van der Waals surface area contributed by atoms with E-state index in [-0.39, 0.29) is 0 Å². The second-order valence-electron chi connectivity index (χ2n) is 6.53. The Hall–Kier alpha value is -3.49. The van der Waals surface area contributed by atoms with Crippen molar-refractivity contribution in [2.24, 2.45) is 10.7 Å². The summed E-state index contributed by atoms with van der Waals surface area (Å²) in [6, 6.07) is 5.75. The minimum atomic E-state index is 0.467. The molecule has 0 amide bonds. The molecule has 9 heteroatoms. The third-order valence-electron chi connectivity index (χ3n) is 4.77. The Morgan fingerprint density at radius 3 is 2.46 bits per heavy atom. The van der Waals surface area contributed by atoms with Gasteiger partial charge in [-0.2, -0.15) is 0 Å². The Labute approximate surface area is 163 Å². The van der Waals surface area contributed by atoms with E-state index in [0.29, 0.717) is 12.5 Å². The van der Waals surface area contributed by atoms with Crippen molar-refractivity contribution in [1.82, 2.24) is 29.4 Å². The first kappa shape index (κ1) is 17.9. The van der Waals surface area contributed by atoms with Crippen LogP contribution in [0, 0.1) is 6.92 Å². The summed E-state index contributed by atoms with van der Waals surface area (Å²) in [6.45, 7) is 5.61. The van der Waals surface area contributed by atoms with Crippen molar-refractivity contribution in [1.29, 1.82) is 0 Å². The van der Waals surface area contributed by atoms with Gasteiger partial charge < -0.3 is 15.5 Å². The van der Waals surface area contributed by atoms with Crippen LogP contribution in [-0.4, -0.2) is 61.5 Å². The van der Waals surface area contributed by atoms with Gasteiger partial charge in [-0.25, -0.2) is 24.9 Å². The summed E-state index contributed by atoms with van der Waals surface area (Å²) in [4.78, 5) is 26.3. The van der Waals surface area contributed by atoms with Crippen molar-refractivity contribution in [3.05, 3.63) is 60.6 Å². The van der Waals surface area contributed by atoms with Crippen molar-refractivity contribution in [3.63, 3.8) is 0 Å². The SMILES string of the molecule is Cc1nccn1-c1ncccc1CN=C(N)N1CCN(c2ncccn2)CC1. The van der Waals surface area contributed by atoms with Gasteiger partial charge in [0, 0.05) is 62.7 Å². The predicted molar refractivity (Wildman–Crippen MR) is 107 cm³/mol. The molecule has 0 saturated carbocycles. The van der Waals surface area contributed by atoms with E-state index < -0.39 is 0 Å². The molecular weight excluding hydrogens is 354 g/mol. The summed E-state index contributed by atoms with van der Waals surface area (Å²) in [5.74, 6) is 3.02. The van der Waals surface area contributed by atoms with Gasteiger partial charge in [0.05, 0.1) is 6.54 Å². The molecule has 2 N–H and O–H groups in total. The fraction of sp³-hybridized carbons (Fsp3) is 0.316. The third-order valence-corrected chi connectivity index (χ3v) is 4.77. The lowest BCUT2D eigenvalue weighted by Gasteiger charge is -2.35. The number of aliphatic imine (C=N–C) groups is 1. The number of aryl methyl sites for hydroxylation is 1. The Balaban J connectivity index is 1.42. The number of hydrogen-bond donors (Lipinski definition) is 1. The molecular formula is C19H23N9. The van der Waals surface area contributed by atoms with Crippen LogP contribution >= 0.6 is 0 Å². The maximum absolute atomic E-state index is 6.27. The molecule has 1 aliphatic heterocycles. The van der Waals surface area contributed by atoms with Gasteiger partial charge in [-0.1, -0.05) is 6.07 Å². The minimum absolute atomic E-state index is 0.467. The number of guanidine groups is 1. The van der Waals surface area contributed by atoms with Crippen LogP contribution in [0.2, 0.25) is 0 Å². The van der Waals surface area contributed by atoms with E-state index in [0.717, 1.165) is 49.3 Å². The van der Waals surface area contributed by atoms with E-state index in [4.69, 9.17) is 5.73 Å². The fourth-order valence-electron chi connectivity index (χ4n) is 3.23. The molecule has 144 valence electrons. The maximum Gasteiger partial charge on any atom is 0.225 e. The maximum atomic E-state index is 6.27. The molecule has 0 bridgehead atoms. The lowest BCUT2D eigenvalue weighted by atomic mass is 10.2. The van der Waals surface area contributed by atoms with Crippen molar-refractivity contribution in [2.75, 3.05) is 31.1 Å². The van der Waals surface area contributed by atoms with Gasteiger partial charge in [-0.05, 0) is 19.1 Å². The van der Waals surface area contributed by atoms with Gasteiger partial charge in [0.25, 0.3) is 0 Å². The first-order chi connectivity index (χ1) is 13.7. The first-order valence-electron chi connectivity index (χ1n) is 9.23. The molecule has 4 rings (SSSR count). The zero-order valence-corrected chi connectivity index (χ0v) is 15.8. The molecule has 1 fully saturated rings. The first-order valence-corrected chi connectivity index (χ1v) is 9.23. The molecule has 1 aliphatic rings. The number of piperazine rings is 1. The monoisotopic (exact) mass is 377 g/mol. The van der Waals surface area contributed by atoms with Crippen LogP contribution < -0.4 is 10.6 Å². The van der Waals surface area contributed by atoms with Crippen LogP contribution in [0.1, 0.15) is 11.4 Å². The van der Waals surface area contributed by atoms with Crippen LogP contribution in [0.3, 0.4) is 0 Å². The number of hydrogen-bond acceptors (Lipinski definition) is 6. The van der Waals surface area contributed by atoms with E-state index in [2.05, 4.69) is 34.7 Å². The molecule has 3 aromatic rings. The van der Waals surface area contributed by atoms with Crippen molar-refractivity contribution < 1.29 is 0 Å². The van der Waals surface area contributed by atoms with Gasteiger partial charge in [-0.15, -0.1) is 0 Å². The largest absolute Gasteiger partial charge is 0.370 e. The topological polar surface area (TPSA) is 101 Å². The van der Waals surface area contributed by atoms with Crippen LogP contribution in [0.4, 0.5) is 5.95 Å². The normalized spacial score (nSPS) is 15.1. The van der Waals surface area contributed by atoms with Gasteiger partial charge in [0.1, 0.15) is 11.6 Å². The summed E-state index contributed by atoms with van der Waals surface area (Å²) in [7, 11) is 0. The Kier molecular flexibility index (Phi) is 5.14. The Morgan fingerprint density at radius 1 is 1.00 bits per heavy atom. The van der Waals surface area contributed by atoms with Gasteiger partial charge >= 0.3 is 0 Å². The van der Waals surface area contributed by atoms with Crippen LogP contribution in [0.25, 0.3) is 5.82 Å². The fourth-order valence-corrected chi connectivity index (χ4v) is 3.23. The molecule has 0 spiro atoms. The molecule has 0 atom stereocenters. The number of imidazole rings is 1. The van der Waals surface area contributed by atoms with E-state index >= 15 is 0 Å². The number of nitrogens with two attached hydrogens (primary N) is 1. The number of aromatic nitrogens is 5. The molecule has 0 aliphatic carbocycles. The summed E-state index contributed by atoms with van der Waals surface area (Å²) in [5, 5.41) is 0. The average molecular weight is 377 g/mol. The molecule has 9 nitrogen and oxygen atoms in total. The lowest BCUT2D eigenvalue weighted by Crippen LogP contribution is -2.51. The number of anilines is 1. The molecule has 1 saturated heterocycles. The predicted octanol–water partition coefficient (Wildman–Crippen LogP) is 1.00. The summed E-state index contributed by atoms with van der Waals surface area (Å²) in [5.41, 5.74) is 7.27. The highest BCUT2D eigenvalue weighted by Gasteiger charge is 2.20.